The van der Waals surface area contributed by atoms with Gasteiger partial charge in [0.15, 0.2) is 6.10 Å². The number of hydrogen-bond donors (Lipinski definition) is 1. The van der Waals surface area contributed by atoms with Gasteiger partial charge in [0.05, 0.1) is 34.0 Å². The third kappa shape index (κ3) is 16.8. The molecule has 5 heteroatoms. The molecule has 1 atom stereocenters. The predicted molar refractivity (Wildman–Crippen MR) is 101 cm³/mol. The Morgan fingerprint density at radius 3 is 2.20 bits per heavy atom. The zero-order chi connectivity index (χ0) is 19.1. The Morgan fingerprint density at radius 2 is 1.60 bits per heavy atom. The van der Waals surface area contributed by atoms with E-state index in [2.05, 4.69) is 25.2 Å². The summed E-state index contributed by atoms with van der Waals surface area (Å²) in [5, 5.41) is 8.93. The van der Waals surface area contributed by atoms with E-state index in [0.717, 1.165) is 19.3 Å². The average molecular weight is 352 g/mol. The Balaban J connectivity index is 4.14. The number of quaternary nitrogens is 1. The Morgan fingerprint density at radius 1 is 1.00 bits per heavy atom. The van der Waals surface area contributed by atoms with Gasteiger partial charge in [-0.15, -0.1) is 0 Å². The summed E-state index contributed by atoms with van der Waals surface area (Å²) in [6.45, 7) is 2.62. The van der Waals surface area contributed by atoms with Crippen LogP contribution in [-0.2, 0) is 14.3 Å². The largest absolute Gasteiger partial charge is 0.481 e. The highest BCUT2D eigenvalue weighted by molar-refractivity contribution is 5.72. The predicted octanol–water partition coefficient (Wildman–Crippen LogP) is 3.72. The number of carbonyl (C=O) groups excluding carboxylic acids is 1. The number of esters is 1. The van der Waals surface area contributed by atoms with E-state index in [1.54, 1.807) is 6.08 Å². The molecule has 0 aromatic rings. The van der Waals surface area contributed by atoms with Gasteiger partial charge >= 0.3 is 11.9 Å². The summed E-state index contributed by atoms with van der Waals surface area (Å²) in [7, 11) is 5.81. The van der Waals surface area contributed by atoms with Crippen molar-refractivity contribution in [3.8, 4) is 0 Å². The van der Waals surface area contributed by atoms with Crippen molar-refractivity contribution in [1.29, 1.82) is 0 Å². The Labute approximate surface area is 152 Å². The number of nitrogens with zero attached hydrogens (tertiary/aromatic N) is 1. The van der Waals surface area contributed by atoms with Gasteiger partial charge in [-0.3, -0.25) is 9.59 Å². The van der Waals surface area contributed by atoms with Gasteiger partial charge in [0, 0.05) is 0 Å². The van der Waals surface area contributed by atoms with E-state index in [0.29, 0.717) is 11.0 Å². The summed E-state index contributed by atoms with van der Waals surface area (Å²) >= 11 is 0. The molecule has 0 amide bonds. The number of ether oxygens (including phenoxy) is 1. The molecule has 0 spiro atoms. The smallest absolute Gasteiger partial charge is 0.310 e. The first-order valence-electron chi connectivity index (χ1n) is 8.93. The maximum absolute atomic E-state index is 11.8. The first-order valence-corrected chi connectivity index (χ1v) is 8.93. The average Bonchev–Trinajstić information content (AvgIpc) is 2.46. The number of carboxylic acids is 1. The van der Waals surface area contributed by atoms with Crippen LogP contribution in [0.4, 0.5) is 0 Å². The molecule has 142 valence electrons. The van der Waals surface area contributed by atoms with Crippen LogP contribution >= 0.6 is 0 Å². The van der Waals surface area contributed by atoms with Gasteiger partial charge in [-0.1, -0.05) is 49.8 Å². The Kier molecular flexibility index (Phi) is 12.4. The lowest BCUT2D eigenvalue weighted by molar-refractivity contribution is -0.873. The first-order chi connectivity index (χ1) is 11.7. The van der Waals surface area contributed by atoms with Crippen LogP contribution in [-0.4, -0.2) is 55.3 Å². The summed E-state index contributed by atoms with van der Waals surface area (Å²) < 4.78 is 5.84. The highest BCUT2D eigenvalue weighted by Crippen LogP contribution is 2.07. The molecule has 0 saturated carbocycles. The van der Waals surface area contributed by atoms with E-state index in [1.165, 1.54) is 6.42 Å². The van der Waals surface area contributed by atoms with Gasteiger partial charge in [0.2, 0.25) is 0 Å². The second-order valence-electron chi connectivity index (χ2n) is 7.08. The lowest BCUT2D eigenvalue weighted by Gasteiger charge is -2.28. The van der Waals surface area contributed by atoms with Crippen LogP contribution in [0.2, 0.25) is 0 Å². The number of likely N-dealkylation sites (N-methyl/N-ethyl adjacent to an activating group) is 1. The van der Waals surface area contributed by atoms with E-state index < -0.39 is 18.0 Å². The zero-order valence-corrected chi connectivity index (χ0v) is 16.1. The molecule has 0 heterocycles. The van der Waals surface area contributed by atoms with E-state index >= 15 is 0 Å². The van der Waals surface area contributed by atoms with Gasteiger partial charge in [-0.2, -0.15) is 0 Å². The minimum atomic E-state index is -0.960. The first kappa shape index (κ1) is 23.1. The molecule has 0 aromatic carbocycles. The Hall–Kier alpha value is -1.88. The normalized spacial score (nSPS) is 13.8. The highest BCUT2D eigenvalue weighted by atomic mass is 16.5. The standard InChI is InChI=1S/C20H33NO4/c1-5-6-7-8-9-10-11-12-13-14-15-20(24)25-18(16-19(22)23)17-21(2,3)4/h7-8,11-14,18H,5-6,9-10,15-17H2,1-4H3/p+1/b8-7+,12-11+,14-13+. The van der Waals surface area contributed by atoms with Crippen LogP contribution in [0.25, 0.3) is 0 Å². The van der Waals surface area contributed by atoms with Gasteiger partial charge in [-0.05, 0) is 19.3 Å². The summed E-state index contributed by atoms with van der Waals surface area (Å²) in [6.07, 6.45) is 15.6. The molecule has 1 N–H and O–H groups in total. The van der Waals surface area contributed by atoms with Crippen LogP contribution in [0.3, 0.4) is 0 Å². The summed E-state index contributed by atoms with van der Waals surface area (Å²) in [5.74, 6) is -1.36. The molecular weight excluding hydrogens is 318 g/mol. The second kappa shape index (κ2) is 13.4. The fourth-order valence-electron chi connectivity index (χ4n) is 2.20. The van der Waals surface area contributed by atoms with Crippen molar-refractivity contribution in [2.75, 3.05) is 27.7 Å². The molecule has 25 heavy (non-hydrogen) atoms. The highest BCUT2D eigenvalue weighted by Gasteiger charge is 2.24. The van der Waals surface area contributed by atoms with E-state index in [-0.39, 0.29) is 12.8 Å². The van der Waals surface area contributed by atoms with Gasteiger partial charge in [-0.25, -0.2) is 0 Å². The maximum atomic E-state index is 11.8. The molecule has 0 aliphatic carbocycles. The topological polar surface area (TPSA) is 63.6 Å². The monoisotopic (exact) mass is 352 g/mol. The molecule has 0 aliphatic heterocycles. The van der Waals surface area contributed by atoms with Crippen molar-refractivity contribution >= 4 is 11.9 Å². The lowest BCUT2D eigenvalue weighted by atomic mass is 10.2. The molecule has 0 bridgehead atoms. The van der Waals surface area contributed by atoms with E-state index in [9.17, 15) is 9.59 Å². The van der Waals surface area contributed by atoms with Crippen molar-refractivity contribution in [2.24, 2.45) is 0 Å². The van der Waals surface area contributed by atoms with Gasteiger partial charge < -0.3 is 14.3 Å². The van der Waals surface area contributed by atoms with Crippen LogP contribution in [0.15, 0.2) is 36.5 Å². The molecule has 0 aromatic heterocycles. The maximum Gasteiger partial charge on any atom is 0.310 e. The molecule has 0 fully saturated rings. The third-order valence-corrected chi connectivity index (χ3v) is 3.24. The van der Waals surface area contributed by atoms with Crippen molar-refractivity contribution in [2.45, 2.75) is 51.6 Å². The quantitative estimate of drug-likeness (QED) is 0.180. The van der Waals surface area contributed by atoms with Crippen molar-refractivity contribution in [1.82, 2.24) is 0 Å². The Bertz CT molecular complexity index is 473. The molecule has 1 unspecified atom stereocenters. The van der Waals surface area contributed by atoms with Crippen LogP contribution in [0, 0.1) is 0 Å². The molecule has 0 aliphatic rings. The summed E-state index contributed by atoms with van der Waals surface area (Å²) in [6, 6.07) is 0. The van der Waals surface area contributed by atoms with E-state index in [4.69, 9.17) is 9.84 Å². The summed E-state index contributed by atoms with van der Waals surface area (Å²) in [4.78, 5) is 22.7. The van der Waals surface area contributed by atoms with Gasteiger partial charge in [0.1, 0.15) is 6.54 Å². The minimum absolute atomic E-state index is 0.147. The lowest BCUT2D eigenvalue weighted by Crippen LogP contribution is -2.43. The number of allylic oxidation sites excluding steroid dienone is 5. The third-order valence-electron chi connectivity index (χ3n) is 3.24. The zero-order valence-electron chi connectivity index (χ0n) is 16.1. The molecular formula is C20H34NO4+. The van der Waals surface area contributed by atoms with Gasteiger partial charge in [0.25, 0.3) is 0 Å². The van der Waals surface area contributed by atoms with Crippen molar-refractivity contribution in [3.63, 3.8) is 0 Å². The fraction of sp³-hybridized carbons (Fsp3) is 0.600. The number of aliphatic carboxylic acids is 1. The van der Waals surface area contributed by atoms with Crippen molar-refractivity contribution in [3.05, 3.63) is 36.5 Å². The molecule has 5 nitrogen and oxygen atoms in total. The summed E-state index contributed by atoms with van der Waals surface area (Å²) in [5.41, 5.74) is 0. The second-order valence-corrected chi connectivity index (χ2v) is 7.08. The van der Waals surface area contributed by atoms with Crippen LogP contribution < -0.4 is 0 Å². The van der Waals surface area contributed by atoms with Crippen LogP contribution in [0.5, 0.6) is 0 Å². The number of hydrogen-bond acceptors (Lipinski definition) is 3. The molecule has 0 radical (unpaired) electrons. The van der Waals surface area contributed by atoms with Crippen molar-refractivity contribution < 1.29 is 23.9 Å². The number of carbonyl (C=O) groups is 2. The minimum Gasteiger partial charge on any atom is -0.481 e. The molecule has 0 rings (SSSR count). The van der Waals surface area contributed by atoms with E-state index in [1.807, 2.05) is 33.3 Å². The number of rotatable bonds is 13. The number of unbranched alkanes of at least 4 members (excludes halogenated alkanes) is 2. The molecule has 0 saturated heterocycles. The fourth-order valence-corrected chi connectivity index (χ4v) is 2.20. The SMILES string of the molecule is CCC/C=C/CC/C=C/C=C/CC(=O)OC(CC(=O)O)C[N+](C)(C)C. The van der Waals surface area contributed by atoms with Crippen LogP contribution in [0.1, 0.15) is 45.4 Å². The number of carboxylic acid groups (broad SMARTS) is 1.